The molecule has 1 aliphatic rings. The highest BCUT2D eigenvalue weighted by molar-refractivity contribution is 5.53. The molecule has 2 aromatic rings. The average molecular weight is 309 g/mol. The third-order valence-corrected chi connectivity index (χ3v) is 3.93. The molecule has 0 saturated carbocycles. The second kappa shape index (κ2) is 6.32. The Kier molecular flexibility index (Phi) is 4.06. The van der Waals surface area contributed by atoms with Crippen LogP contribution in [0.1, 0.15) is 5.56 Å². The van der Waals surface area contributed by atoms with Gasteiger partial charge in [0.15, 0.2) is 6.20 Å². The third-order valence-electron chi connectivity index (χ3n) is 3.93. The van der Waals surface area contributed by atoms with Crippen LogP contribution in [0.25, 0.3) is 0 Å². The summed E-state index contributed by atoms with van der Waals surface area (Å²) in [7, 11) is 0. The van der Waals surface area contributed by atoms with Gasteiger partial charge in [0.25, 0.3) is 0 Å². The second-order valence-corrected chi connectivity index (χ2v) is 5.26. The van der Waals surface area contributed by atoms with Crippen LogP contribution in [-0.4, -0.2) is 36.1 Å². The number of benzene rings is 1. The molecule has 0 unspecified atom stereocenters. The average Bonchev–Trinajstić information content (AvgIpc) is 2.62. The first-order valence-electron chi connectivity index (χ1n) is 7.28. The SMILES string of the molecule is N#Cc1ccc(N2CCN(c3ccc([N+](=O)[O-])nc3)CC2)cc1. The molecule has 1 aromatic heterocycles. The number of nitro groups is 1. The summed E-state index contributed by atoms with van der Waals surface area (Å²) in [5.41, 5.74) is 2.66. The molecule has 0 amide bonds. The highest BCUT2D eigenvalue weighted by atomic mass is 16.6. The molecule has 0 atom stereocenters. The van der Waals surface area contributed by atoms with Gasteiger partial charge in [-0.3, -0.25) is 0 Å². The van der Waals surface area contributed by atoms with Gasteiger partial charge in [-0.2, -0.15) is 5.26 Å². The minimum absolute atomic E-state index is 0.134. The summed E-state index contributed by atoms with van der Waals surface area (Å²) >= 11 is 0. The summed E-state index contributed by atoms with van der Waals surface area (Å²) < 4.78 is 0. The Balaban J connectivity index is 1.63. The van der Waals surface area contributed by atoms with Gasteiger partial charge < -0.3 is 19.9 Å². The lowest BCUT2D eigenvalue weighted by Crippen LogP contribution is -2.46. The van der Waals surface area contributed by atoms with E-state index < -0.39 is 4.92 Å². The van der Waals surface area contributed by atoms with E-state index >= 15 is 0 Å². The normalized spacial score (nSPS) is 14.4. The molecule has 2 heterocycles. The first kappa shape index (κ1) is 14.8. The molecule has 1 fully saturated rings. The predicted octanol–water partition coefficient (Wildman–Crippen LogP) is 2.19. The first-order chi connectivity index (χ1) is 11.2. The van der Waals surface area contributed by atoms with Gasteiger partial charge in [-0.1, -0.05) is 0 Å². The number of nitriles is 1. The van der Waals surface area contributed by atoms with Crippen LogP contribution >= 0.6 is 0 Å². The van der Waals surface area contributed by atoms with E-state index in [-0.39, 0.29) is 5.82 Å². The van der Waals surface area contributed by atoms with Gasteiger partial charge in [0.05, 0.1) is 17.3 Å². The van der Waals surface area contributed by atoms with E-state index in [4.69, 9.17) is 5.26 Å². The van der Waals surface area contributed by atoms with Gasteiger partial charge in [0.1, 0.15) is 0 Å². The molecular formula is C16H15N5O2. The van der Waals surface area contributed by atoms with Crippen molar-refractivity contribution in [1.29, 1.82) is 5.26 Å². The van der Waals surface area contributed by atoms with Gasteiger partial charge >= 0.3 is 5.82 Å². The first-order valence-corrected chi connectivity index (χ1v) is 7.28. The zero-order valence-electron chi connectivity index (χ0n) is 12.4. The van der Waals surface area contributed by atoms with Crippen molar-refractivity contribution >= 4 is 17.2 Å². The van der Waals surface area contributed by atoms with Crippen molar-refractivity contribution in [1.82, 2.24) is 4.98 Å². The van der Waals surface area contributed by atoms with Crippen molar-refractivity contribution in [2.24, 2.45) is 0 Å². The fraction of sp³-hybridized carbons (Fsp3) is 0.250. The highest BCUT2D eigenvalue weighted by Crippen LogP contribution is 2.21. The smallest absolute Gasteiger partial charge is 0.363 e. The van der Waals surface area contributed by atoms with Crippen LogP contribution in [0, 0.1) is 21.4 Å². The van der Waals surface area contributed by atoms with Crippen LogP contribution in [0.5, 0.6) is 0 Å². The van der Waals surface area contributed by atoms with Crippen LogP contribution in [0.3, 0.4) is 0 Å². The quantitative estimate of drug-likeness (QED) is 0.638. The molecule has 0 aliphatic carbocycles. The summed E-state index contributed by atoms with van der Waals surface area (Å²) in [6, 6.07) is 12.9. The number of anilines is 2. The van der Waals surface area contributed by atoms with Crippen molar-refractivity contribution in [3.63, 3.8) is 0 Å². The summed E-state index contributed by atoms with van der Waals surface area (Å²) in [4.78, 5) is 18.4. The van der Waals surface area contributed by atoms with E-state index in [0.717, 1.165) is 37.6 Å². The minimum atomic E-state index is -0.493. The Bertz CT molecular complexity index is 729. The lowest BCUT2D eigenvalue weighted by atomic mass is 10.2. The second-order valence-electron chi connectivity index (χ2n) is 5.26. The molecule has 7 heteroatoms. The number of rotatable bonds is 3. The minimum Gasteiger partial charge on any atom is -0.368 e. The van der Waals surface area contributed by atoms with Gasteiger partial charge in [-0.25, -0.2) is 0 Å². The summed E-state index contributed by atoms with van der Waals surface area (Å²) in [6.45, 7) is 3.34. The summed E-state index contributed by atoms with van der Waals surface area (Å²) in [6.07, 6.45) is 1.55. The van der Waals surface area contributed by atoms with Crippen molar-refractivity contribution in [3.8, 4) is 6.07 Å². The lowest BCUT2D eigenvalue weighted by molar-refractivity contribution is -0.389. The Morgan fingerprint density at radius 3 is 2.04 bits per heavy atom. The maximum atomic E-state index is 10.6. The van der Waals surface area contributed by atoms with Crippen molar-refractivity contribution < 1.29 is 4.92 Å². The Morgan fingerprint density at radius 1 is 1.00 bits per heavy atom. The number of nitrogens with zero attached hydrogens (tertiary/aromatic N) is 5. The molecule has 116 valence electrons. The van der Waals surface area contributed by atoms with Gasteiger partial charge in [0, 0.05) is 37.9 Å². The number of hydrogen-bond acceptors (Lipinski definition) is 6. The molecule has 3 rings (SSSR count). The molecule has 0 spiro atoms. The molecule has 1 aliphatic heterocycles. The maximum absolute atomic E-state index is 10.6. The monoisotopic (exact) mass is 309 g/mol. The van der Waals surface area contributed by atoms with E-state index in [1.165, 1.54) is 6.07 Å². The Hall–Kier alpha value is -3.14. The zero-order valence-corrected chi connectivity index (χ0v) is 12.4. The molecule has 1 aromatic carbocycles. The number of pyridine rings is 1. The van der Waals surface area contributed by atoms with Gasteiger partial charge in [0.2, 0.25) is 0 Å². The lowest BCUT2D eigenvalue weighted by Gasteiger charge is -2.36. The molecular weight excluding hydrogens is 294 g/mol. The molecule has 0 N–H and O–H groups in total. The fourth-order valence-corrected chi connectivity index (χ4v) is 2.64. The van der Waals surface area contributed by atoms with E-state index in [0.29, 0.717) is 5.56 Å². The largest absolute Gasteiger partial charge is 0.368 e. The molecule has 0 radical (unpaired) electrons. The standard InChI is InChI=1S/C16H15N5O2/c17-11-13-1-3-14(4-2-13)19-7-9-20(10-8-19)15-5-6-16(18-12-15)21(22)23/h1-6,12H,7-10H2. The molecule has 23 heavy (non-hydrogen) atoms. The zero-order chi connectivity index (χ0) is 16.2. The number of piperazine rings is 1. The topological polar surface area (TPSA) is 86.3 Å². The van der Waals surface area contributed by atoms with Crippen molar-refractivity contribution in [3.05, 3.63) is 58.3 Å². The van der Waals surface area contributed by atoms with E-state index in [1.807, 2.05) is 24.3 Å². The van der Waals surface area contributed by atoms with Crippen molar-refractivity contribution in [2.75, 3.05) is 36.0 Å². The summed E-state index contributed by atoms with van der Waals surface area (Å²) in [5.74, 6) is -0.134. The van der Waals surface area contributed by atoms with Gasteiger partial charge in [-0.15, -0.1) is 0 Å². The van der Waals surface area contributed by atoms with E-state index in [9.17, 15) is 10.1 Å². The van der Waals surface area contributed by atoms with E-state index in [1.54, 1.807) is 12.3 Å². The van der Waals surface area contributed by atoms with E-state index in [2.05, 4.69) is 20.9 Å². The molecule has 0 bridgehead atoms. The Morgan fingerprint density at radius 2 is 1.57 bits per heavy atom. The number of hydrogen-bond donors (Lipinski definition) is 0. The van der Waals surface area contributed by atoms with Crippen LogP contribution in [0.15, 0.2) is 42.6 Å². The van der Waals surface area contributed by atoms with Crippen LogP contribution < -0.4 is 9.80 Å². The van der Waals surface area contributed by atoms with Crippen molar-refractivity contribution in [2.45, 2.75) is 0 Å². The summed E-state index contributed by atoms with van der Waals surface area (Å²) in [5, 5.41) is 19.5. The molecule has 1 saturated heterocycles. The van der Waals surface area contributed by atoms with Crippen LogP contribution in [-0.2, 0) is 0 Å². The predicted molar refractivity (Wildman–Crippen MR) is 86.5 cm³/mol. The molecule has 7 nitrogen and oxygen atoms in total. The Labute approximate surface area is 133 Å². The number of aromatic nitrogens is 1. The third kappa shape index (κ3) is 3.21. The maximum Gasteiger partial charge on any atom is 0.363 e. The van der Waals surface area contributed by atoms with Crippen LogP contribution in [0.2, 0.25) is 0 Å². The van der Waals surface area contributed by atoms with Crippen LogP contribution in [0.4, 0.5) is 17.2 Å². The fourth-order valence-electron chi connectivity index (χ4n) is 2.64. The highest BCUT2D eigenvalue weighted by Gasteiger charge is 2.19. The van der Waals surface area contributed by atoms with Gasteiger partial charge in [-0.05, 0) is 40.2 Å².